The summed E-state index contributed by atoms with van der Waals surface area (Å²) in [5.74, 6) is 0.271. The fraction of sp³-hybridized carbons (Fsp3) is 0.500. The lowest BCUT2D eigenvalue weighted by molar-refractivity contribution is 0.0947. The van der Waals surface area contributed by atoms with E-state index in [0.717, 1.165) is 19.3 Å². The molecule has 0 radical (unpaired) electrons. The SMILES string of the molecule is NC1CCC(CNC(=O)c2cc[nH]c(=O)c2)C1. The van der Waals surface area contributed by atoms with Crippen LogP contribution < -0.4 is 16.6 Å². The smallest absolute Gasteiger partial charge is 0.251 e. The summed E-state index contributed by atoms with van der Waals surface area (Å²) in [5, 5.41) is 2.84. The van der Waals surface area contributed by atoms with E-state index in [0.29, 0.717) is 18.0 Å². The first kappa shape index (κ1) is 11.9. The van der Waals surface area contributed by atoms with Crippen LogP contribution in [0.25, 0.3) is 0 Å². The number of pyridine rings is 1. The van der Waals surface area contributed by atoms with Gasteiger partial charge in [-0.1, -0.05) is 0 Å². The maximum atomic E-state index is 11.7. The van der Waals surface area contributed by atoms with E-state index in [1.165, 1.54) is 12.3 Å². The number of nitrogens with one attached hydrogen (secondary N) is 2. The predicted octanol–water partition coefficient (Wildman–Crippen LogP) is 0.232. The van der Waals surface area contributed by atoms with Gasteiger partial charge in [-0.05, 0) is 31.2 Å². The number of aromatic nitrogens is 1. The molecule has 2 unspecified atom stereocenters. The lowest BCUT2D eigenvalue weighted by Crippen LogP contribution is -2.29. The van der Waals surface area contributed by atoms with Crippen molar-refractivity contribution in [3.05, 3.63) is 34.2 Å². The number of rotatable bonds is 3. The fourth-order valence-corrected chi connectivity index (χ4v) is 2.22. The van der Waals surface area contributed by atoms with Gasteiger partial charge in [-0.25, -0.2) is 0 Å². The van der Waals surface area contributed by atoms with Crippen LogP contribution in [0.15, 0.2) is 23.1 Å². The highest BCUT2D eigenvalue weighted by Crippen LogP contribution is 2.23. The molecule has 1 aliphatic carbocycles. The molecule has 1 heterocycles. The van der Waals surface area contributed by atoms with Crippen molar-refractivity contribution in [1.82, 2.24) is 10.3 Å². The van der Waals surface area contributed by atoms with Crippen molar-refractivity contribution in [3.8, 4) is 0 Å². The van der Waals surface area contributed by atoms with Crippen molar-refractivity contribution in [2.24, 2.45) is 11.7 Å². The molecule has 2 rings (SSSR count). The Morgan fingerprint density at radius 3 is 3.00 bits per heavy atom. The third kappa shape index (κ3) is 3.17. The van der Waals surface area contributed by atoms with E-state index >= 15 is 0 Å². The Balaban J connectivity index is 1.87. The Morgan fingerprint density at radius 1 is 1.53 bits per heavy atom. The Labute approximate surface area is 99.4 Å². The summed E-state index contributed by atoms with van der Waals surface area (Å²) >= 11 is 0. The molecule has 1 amide bonds. The Hall–Kier alpha value is -1.62. The number of carbonyl (C=O) groups is 1. The molecule has 5 nitrogen and oxygen atoms in total. The van der Waals surface area contributed by atoms with Crippen LogP contribution in [0.2, 0.25) is 0 Å². The fourth-order valence-electron chi connectivity index (χ4n) is 2.22. The van der Waals surface area contributed by atoms with Gasteiger partial charge < -0.3 is 16.0 Å². The molecule has 0 bridgehead atoms. The van der Waals surface area contributed by atoms with Crippen LogP contribution in [0, 0.1) is 5.92 Å². The van der Waals surface area contributed by atoms with E-state index in [4.69, 9.17) is 5.73 Å². The number of amides is 1. The van der Waals surface area contributed by atoms with Gasteiger partial charge in [0.2, 0.25) is 5.56 Å². The first-order valence-electron chi connectivity index (χ1n) is 5.87. The first-order valence-corrected chi connectivity index (χ1v) is 5.87. The maximum absolute atomic E-state index is 11.7. The highest BCUT2D eigenvalue weighted by atomic mass is 16.2. The summed E-state index contributed by atoms with van der Waals surface area (Å²) in [6, 6.07) is 3.17. The van der Waals surface area contributed by atoms with Gasteiger partial charge >= 0.3 is 0 Å². The lowest BCUT2D eigenvalue weighted by atomic mass is 10.1. The van der Waals surface area contributed by atoms with Crippen molar-refractivity contribution in [2.45, 2.75) is 25.3 Å². The van der Waals surface area contributed by atoms with Gasteiger partial charge in [-0.3, -0.25) is 9.59 Å². The van der Waals surface area contributed by atoms with E-state index in [2.05, 4.69) is 10.3 Å². The van der Waals surface area contributed by atoms with E-state index < -0.39 is 0 Å². The monoisotopic (exact) mass is 235 g/mol. The molecule has 0 aromatic carbocycles. The van der Waals surface area contributed by atoms with E-state index in [-0.39, 0.29) is 17.5 Å². The Bertz CT molecular complexity index is 455. The van der Waals surface area contributed by atoms with Gasteiger partial charge in [0.15, 0.2) is 0 Å². The lowest BCUT2D eigenvalue weighted by Gasteiger charge is -2.10. The average Bonchev–Trinajstić information content (AvgIpc) is 2.72. The number of aromatic amines is 1. The Kier molecular flexibility index (Phi) is 3.58. The molecule has 1 fully saturated rings. The molecule has 92 valence electrons. The number of H-pyrrole nitrogens is 1. The summed E-state index contributed by atoms with van der Waals surface area (Å²) in [5.41, 5.74) is 5.94. The predicted molar refractivity (Wildman–Crippen MR) is 64.7 cm³/mol. The molecule has 2 atom stereocenters. The quantitative estimate of drug-likeness (QED) is 0.701. The average molecular weight is 235 g/mol. The van der Waals surface area contributed by atoms with E-state index in [9.17, 15) is 9.59 Å². The van der Waals surface area contributed by atoms with Crippen molar-refractivity contribution in [3.63, 3.8) is 0 Å². The highest BCUT2D eigenvalue weighted by Gasteiger charge is 2.22. The second-order valence-electron chi connectivity index (χ2n) is 4.59. The molecular formula is C12H17N3O2. The maximum Gasteiger partial charge on any atom is 0.251 e. The summed E-state index contributed by atoms with van der Waals surface area (Å²) in [7, 11) is 0. The molecule has 1 aliphatic rings. The summed E-state index contributed by atoms with van der Waals surface area (Å²) in [6.07, 6.45) is 4.54. The molecule has 4 N–H and O–H groups in total. The van der Waals surface area contributed by atoms with E-state index in [1.54, 1.807) is 6.07 Å². The zero-order chi connectivity index (χ0) is 12.3. The highest BCUT2D eigenvalue weighted by molar-refractivity contribution is 5.93. The minimum Gasteiger partial charge on any atom is -0.352 e. The first-order chi connectivity index (χ1) is 8.15. The third-order valence-electron chi connectivity index (χ3n) is 3.17. The van der Waals surface area contributed by atoms with Crippen molar-refractivity contribution >= 4 is 5.91 Å². The molecule has 1 saturated carbocycles. The van der Waals surface area contributed by atoms with Gasteiger partial charge in [0, 0.05) is 30.4 Å². The van der Waals surface area contributed by atoms with Gasteiger partial charge in [-0.15, -0.1) is 0 Å². The summed E-state index contributed by atoms with van der Waals surface area (Å²) < 4.78 is 0. The second-order valence-corrected chi connectivity index (χ2v) is 4.59. The van der Waals surface area contributed by atoms with Gasteiger partial charge in [-0.2, -0.15) is 0 Å². The van der Waals surface area contributed by atoms with Crippen molar-refractivity contribution in [2.75, 3.05) is 6.54 Å². The molecular weight excluding hydrogens is 218 g/mol. The van der Waals surface area contributed by atoms with Gasteiger partial charge in [0.25, 0.3) is 5.91 Å². The number of carbonyl (C=O) groups excluding carboxylic acids is 1. The summed E-state index contributed by atoms with van der Waals surface area (Å²) in [4.78, 5) is 25.3. The molecule has 17 heavy (non-hydrogen) atoms. The van der Waals surface area contributed by atoms with Gasteiger partial charge in [0.1, 0.15) is 0 Å². The van der Waals surface area contributed by atoms with Gasteiger partial charge in [0.05, 0.1) is 0 Å². The molecule has 5 heteroatoms. The zero-order valence-corrected chi connectivity index (χ0v) is 9.61. The zero-order valence-electron chi connectivity index (χ0n) is 9.61. The Morgan fingerprint density at radius 2 is 2.35 bits per heavy atom. The molecule has 0 saturated heterocycles. The number of hydrogen-bond donors (Lipinski definition) is 3. The van der Waals surface area contributed by atoms with Crippen LogP contribution in [0.5, 0.6) is 0 Å². The number of hydrogen-bond acceptors (Lipinski definition) is 3. The standard InChI is InChI=1S/C12H17N3O2/c13-10-2-1-8(5-10)7-15-12(17)9-3-4-14-11(16)6-9/h3-4,6,8,10H,1-2,5,7,13H2,(H,14,16)(H,15,17). The normalized spacial score (nSPS) is 23.6. The largest absolute Gasteiger partial charge is 0.352 e. The molecule has 1 aromatic rings. The summed E-state index contributed by atoms with van der Waals surface area (Å²) in [6.45, 7) is 0.638. The topological polar surface area (TPSA) is 88.0 Å². The minimum atomic E-state index is -0.263. The molecule has 1 aromatic heterocycles. The van der Waals surface area contributed by atoms with Crippen LogP contribution in [0.4, 0.5) is 0 Å². The minimum absolute atomic E-state index is 0.198. The van der Waals surface area contributed by atoms with Crippen LogP contribution in [0.3, 0.4) is 0 Å². The molecule has 0 aliphatic heterocycles. The van der Waals surface area contributed by atoms with E-state index in [1.807, 2.05) is 0 Å². The van der Waals surface area contributed by atoms with Crippen LogP contribution in [-0.2, 0) is 0 Å². The second kappa shape index (κ2) is 5.14. The molecule has 0 spiro atoms. The van der Waals surface area contributed by atoms with Crippen LogP contribution in [0.1, 0.15) is 29.6 Å². The number of nitrogens with two attached hydrogens (primary N) is 1. The van der Waals surface area contributed by atoms with Crippen molar-refractivity contribution in [1.29, 1.82) is 0 Å². The third-order valence-corrected chi connectivity index (χ3v) is 3.17. The van der Waals surface area contributed by atoms with Crippen molar-refractivity contribution < 1.29 is 4.79 Å². The van der Waals surface area contributed by atoms with Crippen LogP contribution in [-0.4, -0.2) is 23.5 Å². The van der Waals surface area contributed by atoms with Crippen LogP contribution >= 0.6 is 0 Å².